The van der Waals surface area contributed by atoms with E-state index in [1.165, 1.54) is 11.3 Å². The van der Waals surface area contributed by atoms with Crippen molar-refractivity contribution in [2.75, 3.05) is 25.1 Å². The van der Waals surface area contributed by atoms with Crippen LogP contribution in [0.3, 0.4) is 0 Å². The van der Waals surface area contributed by atoms with E-state index in [9.17, 15) is 9.59 Å². The first-order chi connectivity index (χ1) is 13.7. The fourth-order valence-electron chi connectivity index (χ4n) is 3.65. The standard InChI is InChI=1S/C21H25N3O4S/c1-12-18(13-5-6-15-16(9-13)28-8-7-27-15)22-20(29-12)23-19(26)14-10-17(25)24(11-14)21(2,3)4/h5-6,9,14H,7-8,10-11H2,1-4H3,(H,22,23,26)/t14-/m1/s1. The minimum atomic E-state index is -0.358. The van der Waals surface area contributed by atoms with Crippen molar-refractivity contribution in [1.82, 2.24) is 9.88 Å². The number of aromatic nitrogens is 1. The molecular weight excluding hydrogens is 390 g/mol. The molecule has 0 unspecified atom stereocenters. The van der Waals surface area contributed by atoms with Gasteiger partial charge in [0.1, 0.15) is 13.2 Å². The van der Waals surface area contributed by atoms with Crippen molar-refractivity contribution in [2.45, 2.75) is 39.7 Å². The Balaban J connectivity index is 1.49. The number of thiazole rings is 1. The maximum absolute atomic E-state index is 12.7. The van der Waals surface area contributed by atoms with Gasteiger partial charge in [0.15, 0.2) is 16.6 Å². The molecule has 7 nitrogen and oxygen atoms in total. The number of rotatable bonds is 3. The van der Waals surface area contributed by atoms with E-state index in [4.69, 9.17) is 9.47 Å². The van der Waals surface area contributed by atoms with Crippen LogP contribution < -0.4 is 14.8 Å². The van der Waals surface area contributed by atoms with Gasteiger partial charge in [0.05, 0.1) is 11.6 Å². The molecule has 0 aliphatic carbocycles. The monoisotopic (exact) mass is 415 g/mol. The number of fused-ring (bicyclic) bond motifs is 1. The van der Waals surface area contributed by atoms with E-state index in [-0.39, 0.29) is 29.7 Å². The zero-order chi connectivity index (χ0) is 20.8. The molecule has 1 aromatic carbocycles. The first-order valence-electron chi connectivity index (χ1n) is 9.71. The number of hydrogen-bond donors (Lipinski definition) is 1. The molecule has 1 atom stereocenters. The number of hydrogen-bond acceptors (Lipinski definition) is 6. The first kappa shape index (κ1) is 19.7. The lowest BCUT2D eigenvalue weighted by Gasteiger charge is -2.31. The smallest absolute Gasteiger partial charge is 0.231 e. The average Bonchev–Trinajstić information content (AvgIpc) is 3.24. The molecule has 29 heavy (non-hydrogen) atoms. The topological polar surface area (TPSA) is 80.8 Å². The summed E-state index contributed by atoms with van der Waals surface area (Å²) in [7, 11) is 0. The second kappa shape index (κ2) is 7.33. The van der Waals surface area contributed by atoms with Gasteiger partial charge in [-0.3, -0.25) is 9.59 Å². The summed E-state index contributed by atoms with van der Waals surface area (Å²) in [5, 5.41) is 3.44. The van der Waals surface area contributed by atoms with Crippen LogP contribution in [0.15, 0.2) is 18.2 Å². The van der Waals surface area contributed by atoms with Crippen LogP contribution in [0.25, 0.3) is 11.3 Å². The number of nitrogens with zero attached hydrogens (tertiary/aromatic N) is 2. The Hall–Kier alpha value is -2.61. The third-order valence-corrected chi connectivity index (χ3v) is 6.03. The highest BCUT2D eigenvalue weighted by Crippen LogP contribution is 2.37. The van der Waals surface area contributed by atoms with Crippen molar-refractivity contribution in [3.05, 3.63) is 23.1 Å². The molecule has 1 fully saturated rings. The largest absolute Gasteiger partial charge is 0.486 e. The van der Waals surface area contributed by atoms with Gasteiger partial charge in [-0.15, -0.1) is 11.3 Å². The molecule has 0 radical (unpaired) electrons. The SMILES string of the molecule is Cc1sc(NC(=O)[C@@H]2CC(=O)N(C(C)(C)C)C2)nc1-c1ccc2c(c1)OCCO2. The van der Waals surface area contributed by atoms with Gasteiger partial charge in [-0.1, -0.05) is 0 Å². The minimum Gasteiger partial charge on any atom is -0.486 e. The molecule has 2 amide bonds. The summed E-state index contributed by atoms with van der Waals surface area (Å²) in [6, 6.07) is 5.74. The number of carbonyl (C=O) groups is 2. The Bertz CT molecular complexity index is 963. The lowest BCUT2D eigenvalue weighted by molar-refractivity contribution is -0.131. The van der Waals surface area contributed by atoms with Crippen LogP contribution in [0.2, 0.25) is 0 Å². The van der Waals surface area contributed by atoms with Crippen LogP contribution >= 0.6 is 11.3 Å². The van der Waals surface area contributed by atoms with Crippen LogP contribution in [-0.4, -0.2) is 47.0 Å². The molecule has 4 rings (SSSR count). The van der Waals surface area contributed by atoms with Crippen molar-refractivity contribution in [2.24, 2.45) is 5.92 Å². The maximum Gasteiger partial charge on any atom is 0.231 e. The van der Waals surface area contributed by atoms with Gasteiger partial charge in [-0.25, -0.2) is 4.98 Å². The molecular formula is C21H25N3O4S. The molecule has 1 saturated heterocycles. The molecule has 3 heterocycles. The molecule has 0 saturated carbocycles. The molecule has 8 heteroatoms. The average molecular weight is 416 g/mol. The van der Waals surface area contributed by atoms with Gasteiger partial charge in [-0.05, 0) is 45.9 Å². The Labute approximate surface area is 174 Å². The number of ether oxygens (including phenoxy) is 2. The number of nitrogens with one attached hydrogen (secondary N) is 1. The fraction of sp³-hybridized carbons (Fsp3) is 0.476. The molecule has 0 spiro atoms. The van der Waals surface area contributed by atoms with E-state index >= 15 is 0 Å². The highest BCUT2D eigenvalue weighted by Gasteiger charge is 2.39. The van der Waals surface area contributed by atoms with E-state index in [1.54, 1.807) is 4.90 Å². The van der Waals surface area contributed by atoms with Gasteiger partial charge in [-0.2, -0.15) is 0 Å². The van der Waals surface area contributed by atoms with E-state index in [0.29, 0.717) is 30.6 Å². The van der Waals surface area contributed by atoms with Crippen LogP contribution in [0.5, 0.6) is 11.5 Å². The summed E-state index contributed by atoms with van der Waals surface area (Å²) >= 11 is 1.43. The highest BCUT2D eigenvalue weighted by molar-refractivity contribution is 7.16. The summed E-state index contributed by atoms with van der Waals surface area (Å²) in [6.45, 7) is 9.43. The second-order valence-electron chi connectivity index (χ2n) is 8.35. The van der Waals surface area contributed by atoms with Gasteiger partial charge in [0, 0.05) is 28.9 Å². The Kier molecular flexibility index (Phi) is 4.98. The molecule has 1 aromatic heterocycles. The predicted octanol–water partition coefficient (Wildman–Crippen LogP) is 3.48. The Morgan fingerprint density at radius 1 is 1.24 bits per heavy atom. The number of benzene rings is 1. The third-order valence-electron chi connectivity index (χ3n) is 5.15. The number of anilines is 1. The number of amides is 2. The zero-order valence-corrected chi connectivity index (χ0v) is 17.9. The summed E-state index contributed by atoms with van der Waals surface area (Å²) in [5.41, 5.74) is 1.44. The summed E-state index contributed by atoms with van der Waals surface area (Å²) in [5.74, 6) is 0.940. The first-order valence-corrected chi connectivity index (χ1v) is 10.5. The lowest BCUT2D eigenvalue weighted by atomic mass is 10.1. The summed E-state index contributed by atoms with van der Waals surface area (Å²) in [4.78, 5) is 32.4. The third kappa shape index (κ3) is 3.94. The molecule has 0 bridgehead atoms. The molecule has 2 aliphatic rings. The molecule has 2 aromatic rings. The second-order valence-corrected chi connectivity index (χ2v) is 9.55. The highest BCUT2D eigenvalue weighted by atomic mass is 32.1. The normalized spacial score (nSPS) is 18.8. The van der Waals surface area contributed by atoms with E-state index in [2.05, 4.69) is 10.3 Å². The summed E-state index contributed by atoms with van der Waals surface area (Å²) < 4.78 is 11.2. The van der Waals surface area contributed by atoms with Gasteiger partial charge in [0.2, 0.25) is 11.8 Å². The number of aryl methyl sites for hydroxylation is 1. The Morgan fingerprint density at radius 3 is 2.66 bits per heavy atom. The van der Waals surface area contributed by atoms with Crippen molar-refractivity contribution in [3.63, 3.8) is 0 Å². The lowest BCUT2D eigenvalue weighted by Crippen LogP contribution is -2.42. The number of likely N-dealkylation sites (tertiary alicyclic amines) is 1. The van der Waals surface area contributed by atoms with E-state index in [1.807, 2.05) is 45.9 Å². The Morgan fingerprint density at radius 2 is 1.97 bits per heavy atom. The minimum absolute atomic E-state index is 0.0185. The van der Waals surface area contributed by atoms with Crippen LogP contribution in [-0.2, 0) is 9.59 Å². The predicted molar refractivity (Wildman–Crippen MR) is 111 cm³/mol. The van der Waals surface area contributed by atoms with Crippen LogP contribution in [0, 0.1) is 12.8 Å². The van der Waals surface area contributed by atoms with Crippen molar-refractivity contribution < 1.29 is 19.1 Å². The molecule has 2 aliphatic heterocycles. The fourth-order valence-corrected chi connectivity index (χ4v) is 4.49. The van der Waals surface area contributed by atoms with Gasteiger partial charge < -0.3 is 19.7 Å². The number of carbonyl (C=O) groups excluding carboxylic acids is 2. The van der Waals surface area contributed by atoms with E-state index < -0.39 is 0 Å². The summed E-state index contributed by atoms with van der Waals surface area (Å²) in [6.07, 6.45) is 0.239. The quantitative estimate of drug-likeness (QED) is 0.830. The molecule has 154 valence electrons. The zero-order valence-electron chi connectivity index (χ0n) is 17.1. The maximum atomic E-state index is 12.7. The van der Waals surface area contributed by atoms with Gasteiger partial charge in [0.25, 0.3) is 0 Å². The van der Waals surface area contributed by atoms with Crippen molar-refractivity contribution >= 4 is 28.3 Å². The van der Waals surface area contributed by atoms with E-state index in [0.717, 1.165) is 21.9 Å². The van der Waals surface area contributed by atoms with Crippen LogP contribution in [0.1, 0.15) is 32.1 Å². The van der Waals surface area contributed by atoms with Gasteiger partial charge >= 0.3 is 0 Å². The van der Waals surface area contributed by atoms with Crippen molar-refractivity contribution in [1.29, 1.82) is 0 Å². The molecule has 1 N–H and O–H groups in total. The van der Waals surface area contributed by atoms with Crippen molar-refractivity contribution in [3.8, 4) is 22.8 Å². The van der Waals surface area contributed by atoms with Crippen LogP contribution in [0.4, 0.5) is 5.13 Å².